The number of carbonyl (C=O) groups is 4. The average Bonchev–Trinajstić information content (AvgIpc) is 3.48. The van der Waals surface area contributed by atoms with Gasteiger partial charge in [0.1, 0.15) is 18.1 Å². The van der Waals surface area contributed by atoms with Gasteiger partial charge in [-0.05, 0) is 25.3 Å². The lowest BCUT2D eigenvalue weighted by atomic mass is 9.99. The number of aromatic nitrogens is 2. The number of rotatable bonds is 12. The predicted octanol–water partition coefficient (Wildman–Crippen LogP) is -0.781. The molecule has 0 radical (unpaired) electrons. The van der Waals surface area contributed by atoms with Gasteiger partial charge in [-0.15, -0.1) is 0 Å². The SMILES string of the molecule is CCC(C)C(NC(=O)C(CS)NC(=O)C(Cc1cnc[nH]1)NC(=O)C1CCCN1)C(=O)O. The number of aromatic amines is 1. The molecule has 1 saturated heterocycles. The van der Waals surface area contributed by atoms with Gasteiger partial charge in [-0.3, -0.25) is 14.4 Å². The first-order chi connectivity index (χ1) is 15.3. The summed E-state index contributed by atoms with van der Waals surface area (Å²) in [5.41, 5.74) is 0.638. The lowest BCUT2D eigenvalue weighted by Gasteiger charge is -2.25. The van der Waals surface area contributed by atoms with Crippen molar-refractivity contribution < 1.29 is 24.3 Å². The Labute approximate surface area is 192 Å². The fraction of sp³-hybridized carbons (Fsp3) is 0.650. The maximum Gasteiger partial charge on any atom is 0.326 e. The molecule has 1 aromatic heterocycles. The summed E-state index contributed by atoms with van der Waals surface area (Å²) in [6.45, 7) is 4.28. The fourth-order valence-corrected chi connectivity index (χ4v) is 3.67. The highest BCUT2D eigenvalue weighted by atomic mass is 32.1. The van der Waals surface area contributed by atoms with E-state index < -0.39 is 35.9 Å². The minimum atomic E-state index is -1.15. The van der Waals surface area contributed by atoms with Crippen LogP contribution in [0.3, 0.4) is 0 Å². The van der Waals surface area contributed by atoms with Crippen LogP contribution in [0.25, 0.3) is 0 Å². The zero-order chi connectivity index (χ0) is 23.7. The van der Waals surface area contributed by atoms with Gasteiger partial charge in [0.15, 0.2) is 0 Å². The Kier molecular flexibility index (Phi) is 9.97. The molecule has 0 aromatic carbocycles. The molecule has 11 nitrogen and oxygen atoms in total. The molecule has 1 aliphatic rings. The topological polar surface area (TPSA) is 165 Å². The van der Waals surface area contributed by atoms with Gasteiger partial charge in [0, 0.05) is 24.1 Å². The Morgan fingerprint density at radius 3 is 2.47 bits per heavy atom. The van der Waals surface area contributed by atoms with Crippen LogP contribution >= 0.6 is 12.6 Å². The first kappa shape index (κ1) is 25.7. The lowest BCUT2D eigenvalue weighted by Crippen LogP contribution is -2.58. The first-order valence-electron chi connectivity index (χ1n) is 10.7. The van der Waals surface area contributed by atoms with Gasteiger partial charge >= 0.3 is 5.97 Å². The predicted molar refractivity (Wildman–Crippen MR) is 120 cm³/mol. The summed E-state index contributed by atoms with van der Waals surface area (Å²) in [7, 11) is 0. The number of carboxylic acid groups (broad SMARTS) is 1. The number of nitrogens with one attached hydrogen (secondary N) is 5. The first-order valence-corrected chi connectivity index (χ1v) is 11.3. The molecule has 32 heavy (non-hydrogen) atoms. The number of hydrogen-bond acceptors (Lipinski definition) is 7. The monoisotopic (exact) mass is 468 g/mol. The smallest absolute Gasteiger partial charge is 0.326 e. The van der Waals surface area contributed by atoms with Crippen molar-refractivity contribution in [2.45, 2.75) is 63.7 Å². The summed E-state index contributed by atoms with van der Waals surface area (Å²) in [5, 5.41) is 20.3. The molecule has 5 atom stereocenters. The van der Waals surface area contributed by atoms with E-state index in [1.165, 1.54) is 6.33 Å². The van der Waals surface area contributed by atoms with Crippen LogP contribution < -0.4 is 21.3 Å². The summed E-state index contributed by atoms with van der Waals surface area (Å²) in [5.74, 6) is -3.00. The van der Waals surface area contributed by atoms with E-state index in [4.69, 9.17) is 0 Å². The summed E-state index contributed by atoms with van der Waals surface area (Å²) in [6, 6.07) is -3.48. The Bertz CT molecular complexity index is 783. The minimum Gasteiger partial charge on any atom is -0.480 e. The maximum absolute atomic E-state index is 13.0. The van der Waals surface area contributed by atoms with Crippen LogP contribution in [0.2, 0.25) is 0 Å². The second-order valence-electron chi connectivity index (χ2n) is 7.94. The third-order valence-electron chi connectivity index (χ3n) is 5.58. The van der Waals surface area contributed by atoms with Gasteiger partial charge in [-0.25, -0.2) is 9.78 Å². The largest absolute Gasteiger partial charge is 0.480 e. The van der Waals surface area contributed by atoms with Gasteiger partial charge < -0.3 is 31.4 Å². The number of amides is 3. The molecule has 0 bridgehead atoms. The molecule has 3 amide bonds. The molecule has 2 rings (SSSR count). The molecule has 2 heterocycles. The van der Waals surface area contributed by atoms with Gasteiger partial charge in [0.05, 0.1) is 12.4 Å². The summed E-state index contributed by atoms with van der Waals surface area (Å²) in [4.78, 5) is 56.6. The molecule has 5 unspecified atom stereocenters. The molecule has 1 aliphatic heterocycles. The summed E-state index contributed by atoms with van der Waals surface area (Å²) >= 11 is 4.14. The highest BCUT2D eigenvalue weighted by Crippen LogP contribution is 2.09. The zero-order valence-corrected chi connectivity index (χ0v) is 19.2. The standard InChI is InChI=1S/C20H32N6O5S/c1-3-11(2)16(20(30)31)26-19(29)15(9-32)25-18(28)14(7-12-8-21-10-23-12)24-17(27)13-5-4-6-22-13/h8,10-11,13-16,22,32H,3-7,9H2,1-2H3,(H,21,23)(H,24,27)(H,25,28)(H,26,29)(H,30,31). The van der Waals surface area contributed by atoms with Crippen LogP contribution in [0.5, 0.6) is 0 Å². The van der Waals surface area contributed by atoms with Crippen molar-refractivity contribution >= 4 is 36.3 Å². The third-order valence-corrected chi connectivity index (χ3v) is 5.95. The Hall–Kier alpha value is -2.60. The van der Waals surface area contributed by atoms with E-state index in [2.05, 4.69) is 43.9 Å². The number of imidazole rings is 1. The minimum absolute atomic E-state index is 0.0423. The van der Waals surface area contributed by atoms with E-state index in [-0.39, 0.29) is 30.0 Å². The van der Waals surface area contributed by atoms with E-state index in [1.54, 1.807) is 13.1 Å². The van der Waals surface area contributed by atoms with Crippen LogP contribution in [0, 0.1) is 5.92 Å². The van der Waals surface area contributed by atoms with Crippen molar-refractivity contribution in [3.05, 3.63) is 18.2 Å². The highest BCUT2D eigenvalue weighted by Gasteiger charge is 2.32. The quantitative estimate of drug-likeness (QED) is 0.198. The fourth-order valence-electron chi connectivity index (χ4n) is 3.41. The lowest BCUT2D eigenvalue weighted by molar-refractivity contribution is -0.143. The van der Waals surface area contributed by atoms with Crippen molar-refractivity contribution in [1.29, 1.82) is 0 Å². The van der Waals surface area contributed by atoms with Gasteiger partial charge in [0.2, 0.25) is 17.7 Å². The molecular formula is C20H32N6O5S. The third kappa shape index (κ3) is 7.23. The number of carbonyl (C=O) groups excluding carboxylic acids is 3. The number of aliphatic carboxylic acids is 1. The molecule has 1 aromatic rings. The van der Waals surface area contributed by atoms with E-state index in [1.807, 2.05) is 6.92 Å². The van der Waals surface area contributed by atoms with Crippen molar-refractivity contribution in [3.8, 4) is 0 Å². The van der Waals surface area contributed by atoms with Crippen LogP contribution in [-0.2, 0) is 25.6 Å². The maximum atomic E-state index is 13.0. The number of nitrogens with zero attached hydrogens (tertiary/aromatic N) is 1. The molecule has 12 heteroatoms. The van der Waals surface area contributed by atoms with Crippen molar-refractivity contribution in [1.82, 2.24) is 31.2 Å². The second-order valence-corrected chi connectivity index (χ2v) is 8.31. The van der Waals surface area contributed by atoms with Crippen molar-refractivity contribution in [2.75, 3.05) is 12.3 Å². The number of carboxylic acids is 1. The second kappa shape index (κ2) is 12.4. The van der Waals surface area contributed by atoms with Crippen molar-refractivity contribution in [2.24, 2.45) is 5.92 Å². The van der Waals surface area contributed by atoms with E-state index in [9.17, 15) is 24.3 Å². The van der Waals surface area contributed by atoms with E-state index in [0.717, 1.165) is 13.0 Å². The number of H-pyrrole nitrogens is 1. The molecule has 0 saturated carbocycles. The van der Waals surface area contributed by atoms with Gasteiger partial charge in [-0.1, -0.05) is 20.3 Å². The summed E-state index contributed by atoms with van der Waals surface area (Å²) < 4.78 is 0. The molecule has 0 spiro atoms. The Morgan fingerprint density at radius 2 is 1.94 bits per heavy atom. The average molecular weight is 469 g/mol. The van der Waals surface area contributed by atoms with Gasteiger partial charge in [0.25, 0.3) is 0 Å². The Balaban J connectivity index is 2.07. The summed E-state index contributed by atoms with van der Waals surface area (Å²) in [6.07, 6.45) is 5.27. The van der Waals surface area contributed by atoms with Crippen LogP contribution in [0.15, 0.2) is 12.5 Å². The van der Waals surface area contributed by atoms with E-state index in [0.29, 0.717) is 18.5 Å². The van der Waals surface area contributed by atoms with E-state index >= 15 is 0 Å². The zero-order valence-electron chi connectivity index (χ0n) is 18.3. The highest BCUT2D eigenvalue weighted by molar-refractivity contribution is 7.80. The molecule has 1 fully saturated rings. The molecule has 0 aliphatic carbocycles. The Morgan fingerprint density at radius 1 is 1.22 bits per heavy atom. The molecule has 6 N–H and O–H groups in total. The van der Waals surface area contributed by atoms with Crippen LogP contribution in [0.4, 0.5) is 0 Å². The normalized spacial score (nSPS) is 19.4. The van der Waals surface area contributed by atoms with Crippen LogP contribution in [-0.4, -0.2) is 75.2 Å². The van der Waals surface area contributed by atoms with Gasteiger partial charge in [-0.2, -0.15) is 12.6 Å². The molecule has 178 valence electrons. The van der Waals surface area contributed by atoms with Crippen LogP contribution in [0.1, 0.15) is 38.8 Å². The van der Waals surface area contributed by atoms with Crippen molar-refractivity contribution in [3.63, 3.8) is 0 Å². The number of thiol groups is 1. The number of hydrogen-bond donors (Lipinski definition) is 7. The molecular weight excluding hydrogens is 436 g/mol.